The van der Waals surface area contributed by atoms with Crippen molar-refractivity contribution < 1.29 is 14.9 Å². The van der Waals surface area contributed by atoms with Crippen molar-refractivity contribution in [3.8, 4) is 17.2 Å². The standard InChI is InChI=1S/C15H14O3/c16-12-8-11-6-7-14(10-4-2-1-3-5-10)18-15(11)9-13(12)17/h1-5,8-9,14,16-17H,6-7H2/t14-/m1/s1. The first-order chi connectivity index (χ1) is 8.74. The molecule has 0 bridgehead atoms. The van der Waals surface area contributed by atoms with Gasteiger partial charge >= 0.3 is 0 Å². The van der Waals surface area contributed by atoms with E-state index >= 15 is 0 Å². The van der Waals surface area contributed by atoms with Crippen LogP contribution in [0.2, 0.25) is 0 Å². The molecule has 0 unspecified atom stereocenters. The maximum absolute atomic E-state index is 9.50. The van der Waals surface area contributed by atoms with Gasteiger partial charge in [0.25, 0.3) is 0 Å². The molecule has 18 heavy (non-hydrogen) atoms. The second-order valence-corrected chi connectivity index (χ2v) is 4.50. The predicted molar refractivity (Wildman–Crippen MR) is 67.9 cm³/mol. The van der Waals surface area contributed by atoms with Gasteiger partial charge in [0.1, 0.15) is 11.9 Å². The molecule has 2 aromatic carbocycles. The molecule has 1 atom stereocenters. The highest BCUT2D eigenvalue weighted by atomic mass is 16.5. The Balaban J connectivity index is 1.92. The zero-order chi connectivity index (χ0) is 12.5. The quantitative estimate of drug-likeness (QED) is 0.755. The lowest BCUT2D eigenvalue weighted by Gasteiger charge is -2.26. The number of aromatic hydroxyl groups is 2. The number of benzene rings is 2. The lowest BCUT2D eigenvalue weighted by Crippen LogP contribution is -2.14. The Morgan fingerprint density at radius 1 is 1.00 bits per heavy atom. The third kappa shape index (κ3) is 1.88. The number of rotatable bonds is 1. The van der Waals surface area contributed by atoms with E-state index in [-0.39, 0.29) is 17.6 Å². The molecular weight excluding hydrogens is 228 g/mol. The van der Waals surface area contributed by atoms with Crippen LogP contribution in [-0.2, 0) is 6.42 Å². The lowest BCUT2D eigenvalue weighted by molar-refractivity contribution is 0.175. The van der Waals surface area contributed by atoms with Gasteiger partial charge in [0.15, 0.2) is 11.5 Å². The van der Waals surface area contributed by atoms with Crippen LogP contribution in [0.4, 0.5) is 0 Å². The van der Waals surface area contributed by atoms with Gasteiger partial charge in [0, 0.05) is 6.07 Å². The second kappa shape index (κ2) is 4.26. The first kappa shape index (κ1) is 11.0. The molecule has 0 spiro atoms. The molecule has 1 aliphatic rings. The van der Waals surface area contributed by atoms with Crippen molar-refractivity contribution in [1.82, 2.24) is 0 Å². The van der Waals surface area contributed by atoms with Gasteiger partial charge in [-0.1, -0.05) is 30.3 Å². The number of phenolic OH excluding ortho intramolecular Hbond substituents is 2. The van der Waals surface area contributed by atoms with E-state index in [9.17, 15) is 10.2 Å². The molecule has 0 saturated heterocycles. The SMILES string of the molecule is Oc1cc2c(cc1O)O[C@@H](c1ccccc1)CC2. The number of fused-ring (bicyclic) bond motifs is 1. The molecule has 0 radical (unpaired) electrons. The molecule has 3 nitrogen and oxygen atoms in total. The van der Waals surface area contributed by atoms with Gasteiger partial charge in [-0.25, -0.2) is 0 Å². The van der Waals surface area contributed by atoms with Crippen molar-refractivity contribution in [2.45, 2.75) is 18.9 Å². The van der Waals surface area contributed by atoms with Gasteiger partial charge in [0.2, 0.25) is 0 Å². The summed E-state index contributed by atoms with van der Waals surface area (Å²) in [5, 5.41) is 19.0. The van der Waals surface area contributed by atoms with E-state index in [0.717, 1.165) is 24.0 Å². The molecule has 0 amide bonds. The molecule has 1 heterocycles. The molecule has 0 fully saturated rings. The fourth-order valence-corrected chi connectivity index (χ4v) is 2.31. The van der Waals surface area contributed by atoms with Crippen LogP contribution in [0.15, 0.2) is 42.5 Å². The monoisotopic (exact) mass is 242 g/mol. The fourth-order valence-electron chi connectivity index (χ4n) is 2.31. The van der Waals surface area contributed by atoms with E-state index in [1.54, 1.807) is 6.07 Å². The Labute approximate surface area is 105 Å². The average Bonchev–Trinajstić information content (AvgIpc) is 2.41. The number of hydrogen-bond acceptors (Lipinski definition) is 3. The van der Waals surface area contributed by atoms with Gasteiger partial charge in [-0.3, -0.25) is 0 Å². The highest BCUT2D eigenvalue weighted by Gasteiger charge is 2.22. The fraction of sp³-hybridized carbons (Fsp3) is 0.200. The molecule has 2 N–H and O–H groups in total. The number of phenols is 2. The zero-order valence-corrected chi connectivity index (χ0v) is 9.84. The van der Waals surface area contributed by atoms with Crippen molar-refractivity contribution in [1.29, 1.82) is 0 Å². The Bertz CT molecular complexity index is 563. The largest absolute Gasteiger partial charge is 0.504 e. The summed E-state index contributed by atoms with van der Waals surface area (Å²) in [5.74, 6) is 0.434. The normalized spacial score (nSPS) is 17.9. The molecule has 92 valence electrons. The van der Waals surface area contributed by atoms with E-state index in [2.05, 4.69) is 0 Å². The predicted octanol–water partition coefficient (Wildman–Crippen LogP) is 3.16. The van der Waals surface area contributed by atoms with Gasteiger partial charge in [-0.05, 0) is 30.0 Å². The summed E-state index contributed by atoms with van der Waals surface area (Å²) < 4.78 is 5.88. The first-order valence-corrected chi connectivity index (χ1v) is 6.00. The van der Waals surface area contributed by atoms with Crippen LogP contribution in [0, 0.1) is 0 Å². The molecule has 0 saturated carbocycles. The topological polar surface area (TPSA) is 49.7 Å². The number of ether oxygens (including phenoxy) is 1. The third-order valence-electron chi connectivity index (χ3n) is 3.27. The van der Waals surface area contributed by atoms with E-state index in [1.165, 1.54) is 6.07 Å². The summed E-state index contributed by atoms with van der Waals surface area (Å²) in [6.45, 7) is 0. The van der Waals surface area contributed by atoms with Crippen LogP contribution in [0.1, 0.15) is 23.7 Å². The first-order valence-electron chi connectivity index (χ1n) is 6.00. The molecular formula is C15H14O3. The number of hydrogen-bond donors (Lipinski definition) is 2. The lowest BCUT2D eigenvalue weighted by atomic mass is 9.97. The number of aryl methyl sites for hydroxylation is 1. The van der Waals surface area contributed by atoms with Crippen molar-refractivity contribution in [3.63, 3.8) is 0 Å². The van der Waals surface area contributed by atoms with Crippen LogP contribution in [0.25, 0.3) is 0 Å². The Kier molecular flexibility index (Phi) is 2.59. The van der Waals surface area contributed by atoms with Crippen LogP contribution in [0.5, 0.6) is 17.2 Å². The Morgan fingerprint density at radius 3 is 2.50 bits per heavy atom. The smallest absolute Gasteiger partial charge is 0.161 e. The minimum absolute atomic E-state index is 0.0163. The maximum atomic E-state index is 9.50. The molecule has 1 aliphatic heterocycles. The third-order valence-corrected chi connectivity index (χ3v) is 3.27. The van der Waals surface area contributed by atoms with Crippen LogP contribution in [0.3, 0.4) is 0 Å². The van der Waals surface area contributed by atoms with Crippen LogP contribution in [-0.4, -0.2) is 10.2 Å². The summed E-state index contributed by atoms with van der Waals surface area (Å²) in [7, 11) is 0. The molecule has 3 heteroatoms. The summed E-state index contributed by atoms with van der Waals surface area (Å²) in [4.78, 5) is 0. The van der Waals surface area contributed by atoms with Gasteiger partial charge in [0.05, 0.1) is 0 Å². The average molecular weight is 242 g/mol. The van der Waals surface area contributed by atoms with Gasteiger partial charge in [-0.2, -0.15) is 0 Å². The van der Waals surface area contributed by atoms with E-state index < -0.39 is 0 Å². The maximum Gasteiger partial charge on any atom is 0.161 e. The van der Waals surface area contributed by atoms with Crippen molar-refractivity contribution in [2.75, 3.05) is 0 Å². The highest BCUT2D eigenvalue weighted by molar-refractivity contribution is 5.50. The molecule has 3 rings (SSSR count). The second-order valence-electron chi connectivity index (χ2n) is 4.50. The summed E-state index contributed by atoms with van der Waals surface area (Å²) >= 11 is 0. The summed E-state index contributed by atoms with van der Waals surface area (Å²) in [6, 6.07) is 13.1. The minimum atomic E-state index is -0.137. The Morgan fingerprint density at radius 2 is 1.72 bits per heavy atom. The van der Waals surface area contributed by atoms with E-state index in [4.69, 9.17) is 4.74 Å². The van der Waals surface area contributed by atoms with Crippen LogP contribution >= 0.6 is 0 Å². The molecule has 2 aromatic rings. The Hall–Kier alpha value is -2.16. The molecule has 0 aromatic heterocycles. The summed E-state index contributed by atoms with van der Waals surface area (Å²) in [6.07, 6.45) is 1.73. The van der Waals surface area contributed by atoms with E-state index in [1.807, 2.05) is 30.3 Å². The van der Waals surface area contributed by atoms with Crippen molar-refractivity contribution in [3.05, 3.63) is 53.6 Å². The highest BCUT2D eigenvalue weighted by Crippen LogP contribution is 2.40. The van der Waals surface area contributed by atoms with Gasteiger partial charge in [-0.15, -0.1) is 0 Å². The van der Waals surface area contributed by atoms with Crippen LogP contribution < -0.4 is 4.74 Å². The van der Waals surface area contributed by atoms with E-state index in [0.29, 0.717) is 5.75 Å². The van der Waals surface area contributed by atoms with Gasteiger partial charge < -0.3 is 14.9 Å². The summed E-state index contributed by atoms with van der Waals surface area (Å²) in [5.41, 5.74) is 2.08. The van der Waals surface area contributed by atoms with Crippen molar-refractivity contribution >= 4 is 0 Å². The molecule has 0 aliphatic carbocycles. The zero-order valence-electron chi connectivity index (χ0n) is 9.84. The minimum Gasteiger partial charge on any atom is -0.504 e. The van der Waals surface area contributed by atoms with Crippen molar-refractivity contribution in [2.24, 2.45) is 0 Å².